The second-order valence-electron chi connectivity index (χ2n) is 37.0. The van der Waals surface area contributed by atoms with Crippen LogP contribution in [0.3, 0.4) is 0 Å². The fraction of sp³-hybridized carbons (Fsp3) is 0.0219. The summed E-state index contributed by atoms with van der Waals surface area (Å²) in [6, 6.07) is 172. The van der Waals surface area contributed by atoms with Crippen molar-refractivity contribution >= 4 is 183 Å². The lowest BCUT2D eigenvalue weighted by Gasteiger charge is -2.20. The maximum atomic E-state index is 2.45. The molecule has 0 nitrogen and oxygen atoms in total. The van der Waals surface area contributed by atoms with E-state index in [4.69, 9.17) is 0 Å². The summed E-state index contributed by atoms with van der Waals surface area (Å²) in [5, 5.41) is 45.5. The zero-order valence-corrected chi connectivity index (χ0v) is 72.9. The highest BCUT2D eigenvalue weighted by Gasteiger charge is 2.38. The summed E-state index contributed by atoms with van der Waals surface area (Å²) >= 11 is 0. The first-order chi connectivity index (χ1) is 66.6. The summed E-state index contributed by atoms with van der Waals surface area (Å²) in [5.74, 6) is 0. The number of fused-ring (bicyclic) bond motifs is 22. The molecule has 0 fully saturated rings. The highest BCUT2D eigenvalue weighted by atomic mass is 14.4. The largest absolute Gasteiger partial charge is 0.0776 e. The molecular weight excluding hydrogens is 1650 g/mol. The smallest absolute Gasteiger partial charge is 0.000740 e. The molecule has 0 N–H and O–H groups in total. The first-order valence-electron chi connectivity index (χ1n) is 46.9. The second-order valence-corrected chi connectivity index (χ2v) is 37.0. The van der Waals surface area contributed by atoms with Crippen LogP contribution in [0.2, 0.25) is 0 Å². The van der Waals surface area contributed by atoms with Crippen molar-refractivity contribution in [2.24, 2.45) is 0 Å². The topological polar surface area (TPSA) is 0 Å². The molecule has 0 unspecified atom stereocenters. The third-order valence-electron chi connectivity index (χ3n) is 30.5. The Labute approximate surface area is 794 Å². The van der Waals surface area contributed by atoms with Crippen molar-refractivity contribution in [2.45, 2.75) is 22.3 Å². The van der Waals surface area contributed by atoms with Crippen molar-refractivity contribution in [1.82, 2.24) is 0 Å². The lowest BCUT2D eigenvalue weighted by molar-refractivity contribution is 1.62. The van der Waals surface area contributed by atoms with Crippen molar-refractivity contribution < 1.29 is 0 Å². The average Bonchev–Trinajstić information content (AvgIpc) is 1.51. The molecule has 0 saturated carbocycles. The van der Waals surface area contributed by atoms with Crippen molar-refractivity contribution in [1.29, 1.82) is 0 Å². The normalized spacial score (nSPS) is 12.1. The molecule has 0 aliphatic heterocycles. The van der Waals surface area contributed by atoms with E-state index >= 15 is 0 Å². The van der Waals surface area contributed by atoms with Crippen LogP contribution in [0.15, 0.2) is 461 Å². The van der Waals surface area contributed by atoms with Gasteiger partial charge in [-0.1, -0.05) is 471 Å². The summed E-state index contributed by atoms with van der Waals surface area (Å²) < 4.78 is 0. The van der Waals surface area contributed by atoms with Crippen LogP contribution in [0, 0.1) is 0 Å². The van der Waals surface area contributed by atoms with Crippen LogP contribution in [0.5, 0.6) is 0 Å². The van der Waals surface area contributed by atoms with E-state index in [9.17, 15) is 0 Å². The number of hydrogen-bond acceptors (Lipinski definition) is 0. The Balaban J connectivity index is 0.000000112. The number of rotatable bonds is 6. The monoisotopic (exact) mass is 1730 g/mol. The maximum absolute atomic E-state index is 2.45. The predicted molar refractivity (Wildman–Crippen MR) is 597 cm³/mol. The van der Waals surface area contributed by atoms with E-state index in [1.165, 1.54) is 317 Å². The standard InChI is InChI=1S/C64H36.C42H24.C28H16.3CH4/c1-5-17-37(18-6-1)53-41-25-13-14-26-42(41)54(38-19-7-2-8-20-38)62-50-34-30-46-48-32-36-52-60-51(35-31-47(58(48)60)45-29-33-49(61(53)62)59(50)57(45)46)63-55(39-21-9-3-10-22-39)43-27-15-16-28-44(43)56(64(52)63)40-23-11-4-12-24-40;1-3-11-26(12-4-1)37-30-17-7-8-18-31(30)38(27-13-5-2-6-14-27)42-35-24-22-33-29-20-10-16-25-15-9-19-28(36(25)29)32-21-23-34(41(37)42)40(35)39(32)33;1-3-9-19-17(7-1)15-25-23-13-6-12-22-20-10-4-2-8-18(20)16-26(28(22)23)24-14-5-11-21(19)27(24)25;;;/h1-36H;1-24H;1-16H;3*1H4. The van der Waals surface area contributed by atoms with Gasteiger partial charge in [-0.05, 0) is 329 Å². The fourth-order valence-corrected chi connectivity index (χ4v) is 25.4. The van der Waals surface area contributed by atoms with Crippen molar-refractivity contribution in [2.75, 3.05) is 0 Å². The third-order valence-corrected chi connectivity index (χ3v) is 30.5. The molecule has 0 heterocycles. The molecule has 0 spiro atoms. The van der Waals surface area contributed by atoms with Gasteiger partial charge >= 0.3 is 0 Å². The van der Waals surface area contributed by atoms with Crippen LogP contribution in [0.25, 0.3) is 317 Å². The van der Waals surface area contributed by atoms with Gasteiger partial charge in [0, 0.05) is 0 Å². The van der Waals surface area contributed by atoms with Crippen LogP contribution in [-0.2, 0) is 0 Å². The zero-order valence-electron chi connectivity index (χ0n) is 72.9. The molecule has 0 aromatic heterocycles. The van der Waals surface area contributed by atoms with Gasteiger partial charge in [-0.25, -0.2) is 0 Å². The quantitative estimate of drug-likeness (QED) is 0.115. The van der Waals surface area contributed by atoms with E-state index in [-0.39, 0.29) is 22.3 Å². The zero-order chi connectivity index (χ0) is 87.2. The lowest BCUT2D eigenvalue weighted by atomic mass is 9.82. The van der Waals surface area contributed by atoms with E-state index in [2.05, 4.69) is 461 Å². The Bertz CT molecular complexity index is 9300. The van der Waals surface area contributed by atoms with Crippen LogP contribution in [0.1, 0.15) is 22.3 Å². The summed E-state index contributed by atoms with van der Waals surface area (Å²) in [5.41, 5.74) is 31.5. The van der Waals surface area contributed by atoms with E-state index in [1.54, 1.807) is 0 Å². The minimum absolute atomic E-state index is 0. The Morgan fingerprint density at radius 3 is 0.489 bits per heavy atom. The van der Waals surface area contributed by atoms with Crippen LogP contribution < -0.4 is 0 Å². The Kier molecular flexibility index (Phi) is 17.6. The molecule has 0 saturated heterocycles. The van der Waals surface area contributed by atoms with Gasteiger partial charge in [0.1, 0.15) is 0 Å². The second kappa shape index (κ2) is 30.3. The van der Waals surface area contributed by atoms with Crippen LogP contribution >= 0.6 is 0 Å². The van der Waals surface area contributed by atoms with Gasteiger partial charge in [-0.2, -0.15) is 0 Å². The lowest BCUT2D eigenvalue weighted by Crippen LogP contribution is -1.93. The maximum Gasteiger partial charge on any atom is -0.000740 e. The van der Waals surface area contributed by atoms with Gasteiger partial charge < -0.3 is 0 Å². The molecule has 137 heavy (non-hydrogen) atoms. The summed E-state index contributed by atoms with van der Waals surface area (Å²) in [6.45, 7) is 0. The molecule has 0 heteroatoms. The van der Waals surface area contributed by atoms with E-state index < -0.39 is 0 Å². The van der Waals surface area contributed by atoms with Crippen LogP contribution in [-0.4, -0.2) is 0 Å². The molecule has 3 aliphatic carbocycles. The Morgan fingerprint density at radius 1 is 0.0876 bits per heavy atom. The molecule has 0 bridgehead atoms. The Hall–Kier alpha value is -17.4. The number of hydrogen-bond donors (Lipinski definition) is 0. The summed E-state index contributed by atoms with van der Waals surface area (Å²) in [6.07, 6.45) is 0. The summed E-state index contributed by atoms with van der Waals surface area (Å²) in [4.78, 5) is 0. The number of benzene rings is 29. The summed E-state index contributed by atoms with van der Waals surface area (Å²) in [7, 11) is 0. The van der Waals surface area contributed by atoms with Crippen molar-refractivity contribution in [3.05, 3.63) is 461 Å². The van der Waals surface area contributed by atoms with Crippen molar-refractivity contribution in [3.8, 4) is 134 Å². The average molecular weight is 1730 g/mol. The van der Waals surface area contributed by atoms with Crippen molar-refractivity contribution in [3.63, 3.8) is 0 Å². The first-order valence-corrected chi connectivity index (χ1v) is 46.9. The molecule has 0 amide bonds. The van der Waals surface area contributed by atoms with Crippen LogP contribution in [0.4, 0.5) is 0 Å². The molecule has 3 aliphatic rings. The minimum Gasteiger partial charge on any atom is -0.0776 e. The molecule has 29 aromatic carbocycles. The molecule has 0 radical (unpaired) electrons. The molecule has 0 atom stereocenters. The van der Waals surface area contributed by atoms with E-state index in [1.807, 2.05) is 0 Å². The van der Waals surface area contributed by atoms with Gasteiger partial charge in [0.25, 0.3) is 0 Å². The van der Waals surface area contributed by atoms with E-state index in [0.717, 1.165) is 0 Å². The van der Waals surface area contributed by atoms with Gasteiger partial charge in [-0.3, -0.25) is 0 Å². The van der Waals surface area contributed by atoms with E-state index in [0.29, 0.717) is 0 Å². The Morgan fingerprint density at radius 2 is 0.255 bits per heavy atom. The van der Waals surface area contributed by atoms with Gasteiger partial charge in [0.05, 0.1) is 0 Å². The fourth-order valence-electron chi connectivity index (χ4n) is 25.4. The first kappa shape index (κ1) is 79.3. The third kappa shape index (κ3) is 11.0. The molecule has 636 valence electrons. The molecular formula is C137H88. The predicted octanol–water partition coefficient (Wildman–Crippen LogP) is 39.8. The van der Waals surface area contributed by atoms with Gasteiger partial charge in [0.15, 0.2) is 0 Å². The van der Waals surface area contributed by atoms with Gasteiger partial charge in [-0.15, -0.1) is 0 Å². The molecule has 32 rings (SSSR count). The SMILES string of the molecule is C.C.C.c1ccc(-c2c3c(c(-c4ccccc4)c4ccccc24)-c2ccc4c5ccc6c7c(ccc(c8ccc-3c2c84)c75)-c2c-6c(-c3ccccc3)c3ccccc3c2-c2ccccc2)cc1.c1ccc(-c2c3c(c(-c4ccccc4)c4ccccc24)-c2ccc4c5cccc6cccc(c7ccc-3c2c74)c65)cc1.c1ccc2c(c1)cc1c3cccc4c5ccccc5cc(c5cccc2c51)c43. The molecule has 29 aromatic rings. The highest BCUT2D eigenvalue weighted by molar-refractivity contribution is 6.45. The van der Waals surface area contributed by atoms with Gasteiger partial charge in [0.2, 0.25) is 0 Å². The minimum atomic E-state index is 0. The highest BCUT2D eigenvalue weighted by Crippen LogP contribution is 2.65.